The van der Waals surface area contributed by atoms with Crippen LogP contribution in [0.15, 0.2) is 18.3 Å². The molecule has 5 nitrogen and oxygen atoms in total. The Bertz CT molecular complexity index is 461. The lowest BCUT2D eigenvalue weighted by Gasteiger charge is -2.36. The molecule has 1 aromatic rings. The lowest BCUT2D eigenvalue weighted by Crippen LogP contribution is -2.42. The third-order valence-corrected chi connectivity index (χ3v) is 3.88. The van der Waals surface area contributed by atoms with Gasteiger partial charge in [0.05, 0.1) is 0 Å². The van der Waals surface area contributed by atoms with Crippen LogP contribution in [0.3, 0.4) is 0 Å². The van der Waals surface area contributed by atoms with Crippen molar-refractivity contribution < 1.29 is 4.79 Å². The minimum atomic E-state index is -0.116. The molecule has 1 aliphatic heterocycles. The molecule has 2 atom stereocenters. The van der Waals surface area contributed by atoms with Gasteiger partial charge in [0.2, 0.25) is 0 Å². The number of anilines is 1. The van der Waals surface area contributed by atoms with Crippen LogP contribution in [-0.4, -0.2) is 36.6 Å². The fourth-order valence-electron chi connectivity index (χ4n) is 2.67. The Morgan fingerprint density at radius 3 is 3.15 bits per heavy atom. The highest BCUT2D eigenvalue weighted by Crippen LogP contribution is 2.24. The number of nitrogens with one attached hydrogen (secondary N) is 1. The molecule has 1 aromatic heterocycles. The van der Waals surface area contributed by atoms with Gasteiger partial charge in [-0.2, -0.15) is 0 Å². The molecule has 1 aliphatic rings. The van der Waals surface area contributed by atoms with Gasteiger partial charge in [-0.3, -0.25) is 9.78 Å². The monoisotopic (exact) mass is 276 g/mol. The van der Waals surface area contributed by atoms with E-state index in [1.807, 2.05) is 19.1 Å². The Kier molecular flexibility index (Phi) is 4.95. The average molecular weight is 276 g/mol. The zero-order valence-corrected chi connectivity index (χ0v) is 12.3. The number of aromatic nitrogens is 1. The number of amides is 1. The van der Waals surface area contributed by atoms with Crippen molar-refractivity contribution in [3.8, 4) is 0 Å². The van der Waals surface area contributed by atoms with Crippen LogP contribution in [-0.2, 0) is 0 Å². The molecule has 0 radical (unpaired) electrons. The van der Waals surface area contributed by atoms with Gasteiger partial charge in [-0.25, -0.2) is 0 Å². The fourth-order valence-corrected chi connectivity index (χ4v) is 2.67. The summed E-state index contributed by atoms with van der Waals surface area (Å²) < 4.78 is 0. The van der Waals surface area contributed by atoms with Crippen molar-refractivity contribution in [3.05, 3.63) is 24.0 Å². The second-order valence-corrected chi connectivity index (χ2v) is 5.47. The fraction of sp³-hybridized carbons (Fsp3) is 0.600. The van der Waals surface area contributed by atoms with Gasteiger partial charge in [-0.1, -0.05) is 0 Å². The molecule has 0 aliphatic carbocycles. The summed E-state index contributed by atoms with van der Waals surface area (Å²) in [6, 6.07) is 4.04. The minimum Gasteiger partial charge on any atom is -0.371 e. The normalized spacial score (nSPS) is 20.6. The first-order valence-electron chi connectivity index (χ1n) is 7.36. The second-order valence-electron chi connectivity index (χ2n) is 5.47. The standard InChI is InChI=1S/C15H24N4O/c1-3-17-15(20)14-9-13(6-7-18-14)19-8-4-5-12(10-19)11(2)16/h6-7,9,11-12H,3-5,8,10,16H2,1-2H3,(H,17,20). The third-order valence-electron chi connectivity index (χ3n) is 3.88. The first-order chi connectivity index (χ1) is 9.61. The number of hydrogen-bond acceptors (Lipinski definition) is 4. The maximum absolute atomic E-state index is 11.8. The van der Waals surface area contributed by atoms with E-state index in [4.69, 9.17) is 5.73 Å². The molecule has 0 aromatic carbocycles. The summed E-state index contributed by atoms with van der Waals surface area (Å²) in [4.78, 5) is 18.3. The van der Waals surface area contributed by atoms with E-state index in [9.17, 15) is 4.79 Å². The van der Waals surface area contributed by atoms with Gasteiger partial charge in [0.25, 0.3) is 5.91 Å². The molecule has 0 spiro atoms. The van der Waals surface area contributed by atoms with Gasteiger partial charge < -0.3 is 16.0 Å². The zero-order valence-electron chi connectivity index (χ0n) is 12.3. The molecule has 110 valence electrons. The zero-order chi connectivity index (χ0) is 14.5. The largest absolute Gasteiger partial charge is 0.371 e. The lowest BCUT2D eigenvalue weighted by molar-refractivity contribution is 0.0951. The van der Waals surface area contributed by atoms with E-state index in [1.165, 1.54) is 6.42 Å². The van der Waals surface area contributed by atoms with Crippen LogP contribution in [0.1, 0.15) is 37.2 Å². The molecule has 1 fully saturated rings. The van der Waals surface area contributed by atoms with Crippen LogP contribution in [0.4, 0.5) is 5.69 Å². The summed E-state index contributed by atoms with van der Waals surface area (Å²) in [5.41, 5.74) is 7.56. The van der Waals surface area contributed by atoms with E-state index in [1.54, 1.807) is 6.20 Å². The smallest absolute Gasteiger partial charge is 0.269 e. The van der Waals surface area contributed by atoms with Crippen molar-refractivity contribution in [2.24, 2.45) is 11.7 Å². The summed E-state index contributed by atoms with van der Waals surface area (Å²) in [5.74, 6) is 0.403. The van der Waals surface area contributed by atoms with Crippen LogP contribution >= 0.6 is 0 Å². The number of piperidine rings is 1. The highest BCUT2D eigenvalue weighted by Gasteiger charge is 2.23. The van der Waals surface area contributed by atoms with Crippen molar-refractivity contribution in [2.45, 2.75) is 32.7 Å². The predicted octanol–water partition coefficient (Wildman–Crippen LogP) is 1.39. The number of hydrogen-bond donors (Lipinski definition) is 2. The van der Waals surface area contributed by atoms with Gasteiger partial charge in [-0.05, 0) is 44.7 Å². The van der Waals surface area contributed by atoms with E-state index >= 15 is 0 Å². The summed E-state index contributed by atoms with van der Waals surface area (Å²) in [7, 11) is 0. The van der Waals surface area contributed by atoms with Gasteiger partial charge in [0.1, 0.15) is 5.69 Å². The van der Waals surface area contributed by atoms with E-state index in [2.05, 4.69) is 22.1 Å². The van der Waals surface area contributed by atoms with Gasteiger partial charge in [-0.15, -0.1) is 0 Å². The van der Waals surface area contributed by atoms with E-state index in [-0.39, 0.29) is 11.9 Å². The first-order valence-corrected chi connectivity index (χ1v) is 7.36. The molecule has 20 heavy (non-hydrogen) atoms. The van der Waals surface area contributed by atoms with Gasteiger partial charge in [0, 0.05) is 37.6 Å². The molecule has 0 saturated carbocycles. The highest BCUT2D eigenvalue weighted by molar-refractivity contribution is 5.93. The highest BCUT2D eigenvalue weighted by atomic mass is 16.1. The third kappa shape index (κ3) is 3.48. The molecular weight excluding hydrogens is 252 g/mol. The Balaban J connectivity index is 2.12. The summed E-state index contributed by atoms with van der Waals surface area (Å²) in [5, 5.41) is 2.78. The Labute approximate surface area is 120 Å². The summed E-state index contributed by atoms with van der Waals surface area (Å²) in [6.45, 7) is 6.56. The molecule has 3 N–H and O–H groups in total. The van der Waals surface area contributed by atoms with E-state index < -0.39 is 0 Å². The van der Waals surface area contributed by atoms with Crippen LogP contribution in [0, 0.1) is 5.92 Å². The molecular formula is C15H24N4O. The van der Waals surface area contributed by atoms with Crippen molar-refractivity contribution in [1.82, 2.24) is 10.3 Å². The number of pyridine rings is 1. The van der Waals surface area contributed by atoms with Crippen LogP contribution < -0.4 is 16.0 Å². The van der Waals surface area contributed by atoms with Crippen molar-refractivity contribution in [2.75, 3.05) is 24.5 Å². The van der Waals surface area contributed by atoms with Gasteiger partial charge >= 0.3 is 0 Å². The first kappa shape index (κ1) is 14.8. The molecule has 2 unspecified atom stereocenters. The number of carbonyl (C=O) groups excluding carboxylic acids is 1. The van der Waals surface area contributed by atoms with Gasteiger partial charge in [0.15, 0.2) is 0 Å². The van der Waals surface area contributed by atoms with Crippen molar-refractivity contribution in [3.63, 3.8) is 0 Å². The number of nitrogens with two attached hydrogens (primary N) is 1. The van der Waals surface area contributed by atoms with Crippen LogP contribution in [0.2, 0.25) is 0 Å². The van der Waals surface area contributed by atoms with E-state index in [0.717, 1.165) is 25.2 Å². The molecule has 1 saturated heterocycles. The molecule has 2 rings (SSSR count). The second kappa shape index (κ2) is 6.70. The van der Waals surface area contributed by atoms with Crippen molar-refractivity contribution in [1.29, 1.82) is 0 Å². The Morgan fingerprint density at radius 1 is 1.65 bits per heavy atom. The topological polar surface area (TPSA) is 71.2 Å². The predicted molar refractivity (Wildman–Crippen MR) is 80.8 cm³/mol. The number of nitrogens with zero attached hydrogens (tertiary/aromatic N) is 2. The molecule has 0 bridgehead atoms. The number of rotatable bonds is 4. The molecule has 2 heterocycles. The Morgan fingerprint density at radius 2 is 2.45 bits per heavy atom. The van der Waals surface area contributed by atoms with Crippen LogP contribution in [0.25, 0.3) is 0 Å². The van der Waals surface area contributed by atoms with E-state index in [0.29, 0.717) is 18.2 Å². The van der Waals surface area contributed by atoms with Crippen LogP contribution in [0.5, 0.6) is 0 Å². The average Bonchev–Trinajstić information content (AvgIpc) is 2.48. The Hall–Kier alpha value is -1.62. The maximum Gasteiger partial charge on any atom is 0.269 e. The van der Waals surface area contributed by atoms with Crippen molar-refractivity contribution >= 4 is 11.6 Å². The minimum absolute atomic E-state index is 0.116. The quantitative estimate of drug-likeness (QED) is 0.872. The lowest BCUT2D eigenvalue weighted by atomic mass is 9.92. The maximum atomic E-state index is 11.8. The summed E-state index contributed by atoms with van der Waals surface area (Å²) >= 11 is 0. The number of carbonyl (C=O) groups is 1. The SMILES string of the molecule is CCNC(=O)c1cc(N2CCCC(C(C)N)C2)ccn1. The molecule has 5 heteroatoms. The molecule has 1 amide bonds. The summed E-state index contributed by atoms with van der Waals surface area (Å²) in [6.07, 6.45) is 4.03.